The van der Waals surface area contributed by atoms with E-state index in [1.165, 1.54) is 11.6 Å². The van der Waals surface area contributed by atoms with Gasteiger partial charge < -0.3 is 9.47 Å². The quantitative estimate of drug-likeness (QED) is 0.830. The summed E-state index contributed by atoms with van der Waals surface area (Å²) in [6.45, 7) is 2.74. The second kappa shape index (κ2) is 7.17. The van der Waals surface area contributed by atoms with Gasteiger partial charge in [-0.1, -0.05) is 30.3 Å². The zero-order chi connectivity index (χ0) is 14.4. The normalized spacial score (nSPS) is 10.9. The highest BCUT2D eigenvalue weighted by Crippen LogP contribution is 2.03. The van der Waals surface area contributed by atoms with Gasteiger partial charge in [-0.15, -0.1) is 0 Å². The van der Waals surface area contributed by atoms with E-state index in [9.17, 15) is 4.79 Å². The van der Waals surface area contributed by atoms with Gasteiger partial charge in [0.1, 0.15) is 0 Å². The topological polar surface area (TPSA) is 41.0 Å². The fourth-order valence-electron chi connectivity index (χ4n) is 2.11. The van der Waals surface area contributed by atoms with Crippen LogP contribution in [-0.4, -0.2) is 28.0 Å². The van der Waals surface area contributed by atoms with E-state index in [2.05, 4.69) is 41.2 Å². The zero-order valence-electron chi connectivity index (χ0n) is 11.6. The summed E-state index contributed by atoms with van der Waals surface area (Å²) in [6.07, 6.45) is 2.74. The first-order chi connectivity index (χ1) is 9.65. The van der Waals surface area contributed by atoms with Gasteiger partial charge >= 0.3 is 0 Å². The lowest BCUT2D eigenvalue weighted by molar-refractivity contribution is 0.313. The van der Waals surface area contributed by atoms with Crippen molar-refractivity contribution in [2.24, 2.45) is 0 Å². The van der Waals surface area contributed by atoms with Crippen molar-refractivity contribution >= 4 is 12.2 Å². The Bertz CT molecular complexity index is 648. The minimum atomic E-state index is -0.146. The average molecular weight is 289 g/mol. The molecule has 4 nitrogen and oxygen atoms in total. The molecule has 0 bridgehead atoms. The van der Waals surface area contributed by atoms with Crippen LogP contribution in [0.5, 0.6) is 0 Å². The molecule has 5 heteroatoms. The monoisotopic (exact) mass is 289 g/mol. The summed E-state index contributed by atoms with van der Waals surface area (Å²) in [7, 11) is 2.11. The summed E-state index contributed by atoms with van der Waals surface area (Å²) in [4.78, 5) is 16.0. The van der Waals surface area contributed by atoms with Crippen LogP contribution < -0.4 is 5.56 Å². The van der Waals surface area contributed by atoms with Gasteiger partial charge in [0.2, 0.25) is 0 Å². The molecule has 106 valence electrons. The van der Waals surface area contributed by atoms with Crippen LogP contribution in [-0.2, 0) is 13.1 Å². The molecule has 0 spiro atoms. The molecule has 1 N–H and O–H groups in total. The SMILES string of the molecule is CN(CCCn1ccc(=O)[nH]c1=S)Cc1ccccc1. The van der Waals surface area contributed by atoms with E-state index in [0.717, 1.165) is 26.1 Å². The maximum Gasteiger partial charge on any atom is 0.251 e. The number of hydrogen-bond acceptors (Lipinski definition) is 3. The summed E-state index contributed by atoms with van der Waals surface area (Å²) < 4.78 is 2.39. The third-order valence-electron chi connectivity index (χ3n) is 3.13. The van der Waals surface area contributed by atoms with Crippen LogP contribution >= 0.6 is 12.2 Å². The number of aromatic nitrogens is 2. The Hall–Kier alpha value is -1.72. The van der Waals surface area contributed by atoms with Crippen LogP contribution in [0.1, 0.15) is 12.0 Å². The van der Waals surface area contributed by atoms with Crippen LogP contribution in [0.2, 0.25) is 0 Å². The molecule has 0 aliphatic heterocycles. The molecule has 0 saturated carbocycles. The molecular formula is C15H19N3OS. The number of benzene rings is 1. The minimum Gasteiger partial charge on any atom is -0.325 e. The molecule has 20 heavy (non-hydrogen) atoms. The highest BCUT2D eigenvalue weighted by atomic mass is 32.1. The molecule has 0 aliphatic carbocycles. The number of aryl methyl sites for hydroxylation is 1. The van der Waals surface area contributed by atoms with E-state index in [-0.39, 0.29) is 5.56 Å². The highest BCUT2D eigenvalue weighted by molar-refractivity contribution is 7.71. The molecule has 1 aromatic heterocycles. The highest BCUT2D eigenvalue weighted by Gasteiger charge is 2.00. The van der Waals surface area contributed by atoms with E-state index < -0.39 is 0 Å². The number of rotatable bonds is 6. The Morgan fingerprint density at radius 3 is 2.70 bits per heavy atom. The smallest absolute Gasteiger partial charge is 0.251 e. The van der Waals surface area contributed by atoms with Gasteiger partial charge in [-0.3, -0.25) is 9.78 Å². The van der Waals surface area contributed by atoms with Crippen LogP contribution in [0.3, 0.4) is 0 Å². The fraction of sp³-hybridized carbons (Fsp3) is 0.333. The van der Waals surface area contributed by atoms with Gasteiger partial charge in [-0.2, -0.15) is 0 Å². The molecule has 0 unspecified atom stereocenters. The number of nitrogens with one attached hydrogen (secondary N) is 1. The maximum absolute atomic E-state index is 11.1. The third-order valence-corrected chi connectivity index (χ3v) is 3.47. The van der Waals surface area contributed by atoms with E-state index in [4.69, 9.17) is 12.2 Å². The molecule has 2 aromatic rings. The van der Waals surface area contributed by atoms with Crippen molar-refractivity contribution in [3.8, 4) is 0 Å². The predicted octanol–water partition coefficient (Wildman–Crippen LogP) is 2.43. The van der Waals surface area contributed by atoms with Crippen molar-refractivity contribution in [2.45, 2.75) is 19.5 Å². The molecule has 0 amide bonds. The second-order valence-corrected chi connectivity index (χ2v) is 5.27. The Labute approximate surface area is 123 Å². The van der Waals surface area contributed by atoms with Crippen LogP contribution in [0.25, 0.3) is 0 Å². The van der Waals surface area contributed by atoms with Gasteiger partial charge in [-0.05, 0) is 37.8 Å². The van der Waals surface area contributed by atoms with Crippen molar-refractivity contribution in [3.05, 3.63) is 63.3 Å². The van der Waals surface area contributed by atoms with E-state index >= 15 is 0 Å². The number of H-pyrrole nitrogens is 1. The molecule has 0 atom stereocenters. The van der Waals surface area contributed by atoms with Crippen molar-refractivity contribution in [3.63, 3.8) is 0 Å². The Kier molecular flexibility index (Phi) is 5.26. The molecule has 1 aromatic carbocycles. The molecule has 0 fully saturated rings. The second-order valence-electron chi connectivity index (χ2n) is 4.88. The molecular weight excluding hydrogens is 270 g/mol. The first-order valence-corrected chi connectivity index (χ1v) is 7.08. The summed E-state index contributed by atoms with van der Waals surface area (Å²) in [6, 6.07) is 11.9. The lowest BCUT2D eigenvalue weighted by Crippen LogP contribution is -2.21. The van der Waals surface area contributed by atoms with Crippen LogP contribution in [0, 0.1) is 4.77 Å². The average Bonchev–Trinajstić information content (AvgIpc) is 2.42. The predicted molar refractivity (Wildman–Crippen MR) is 83.3 cm³/mol. The zero-order valence-corrected chi connectivity index (χ0v) is 12.4. The molecule has 0 radical (unpaired) electrons. The molecule has 2 rings (SSSR count). The maximum atomic E-state index is 11.1. The first kappa shape index (κ1) is 14.7. The first-order valence-electron chi connectivity index (χ1n) is 6.67. The van der Waals surface area contributed by atoms with E-state index in [0.29, 0.717) is 4.77 Å². The van der Waals surface area contributed by atoms with Gasteiger partial charge in [0.15, 0.2) is 4.77 Å². The third kappa shape index (κ3) is 4.43. The fourth-order valence-corrected chi connectivity index (χ4v) is 2.36. The summed E-state index contributed by atoms with van der Waals surface area (Å²) in [5, 5.41) is 0. The van der Waals surface area contributed by atoms with Crippen molar-refractivity contribution in [1.82, 2.24) is 14.5 Å². The van der Waals surface area contributed by atoms with Crippen LogP contribution in [0.4, 0.5) is 0 Å². The summed E-state index contributed by atoms with van der Waals surface area (Å²) in [5.41, 5.74) is 1.17. The molecule has 0 saturated heterocycles. The Balaban J connectivity index is 1.81. The van der Waals surface area contributed by atoms with Crippen molar-refractivity contribution in [2.75, 3.05) is 13.6 Å². The Morgan fingerprint density at radius 2 is 2.00 bits per heavy atom. The largest absolute Gasteiger partial charge is 0.325 e. The van der Waals surface area contributed by atoms with Gasteiger partial charge in [-0.25, -0.2) is 0 Å². The van der Waals surface area contributed by atoms with Crippen molar-refractivity contribution in [1.29, 1.82) is 0 Å². The lowest BCUT2D eigenvalue weighted by atomic mass is 10.2. The van der Waals surface area contributed by atoms with E-state index in [1.54, 1.807) is 6.20 Å². The number of hydrogen-bond donors (Lipinski definition) is 1. The van der Waals surface area contributed by atoms with Gasteiger partial charge in [0.25, 0.3) is 5.56 Å². The molecule has 0 aliphatic rings. The number of nitrogens with zero attached hydrogens (tertiary/aromatic N) is 2. The number of aromatic amines is 1. The standard InChI is InChI=1S/C15H19N3OS/c1-17(12-13-6-3-2-4-7-13)9-5-10-18-11-8-14(19)16-15(18)20/h2-4,6-8,11H,5,9-10,12H2,1H3,(H,16,19,20). The lowest BCUT2D eigenvalue weighted by Gasteiger charge is -2.17. The summed E-state index contributed by atoms with van der Waals surface area (Å²) in [5.74, 6) is 0. The van der Waals surface area contributed by atoms with Gasteiger partial charge in [0, 0.05) is 25.4 Å². The Morgan fingerprint density at radius 1 is 1.25 bits per heavy atom. The minimum absolute atomic E-state index is 0.146. The molecule has 1 heterocycles. The van der Waals surface area contributed by atoms with Crippen LogP contribution in [0.15, 0.2) is 47.4 Å². The van der Waals surface area contributed by atoms with E-state index in [1.807, 2.05) is 10.6 Å². The van der Waals surface area contributed by atoms with Crippen molar-refractivity contribution < 1.29 is 0 Å². The summed E-state index contributed by atoms with van der Waals surface area (Å²) >= 11 is 5.12. The van der Waals surface area contributed by atoms with Gasteiger partial charge in [0.05, 0.1) is 0 Å².